The zero-order valence-electron chi connectivity index (χ0n) is 19.5. The number of nitriles is 1. The van der Waals surface area contributed by atoms with Crippen molar-refractivity contribution in [1.82, 2.24) is 9.47 Å². The summed E-state index contributed by atoms with van der Waals surface area (Å²) < 4.78 is 40.3. The van der Waals surface area contributed by atoms with Gasteiger partial charge in [0, 0.05) is 31.6 Å². The van der Waals surface area contributed by atoms with Gasteiger partial charge in [-0.2, -0.15) is 18.4 Å². The number of halogens is 3. The molecule has 2 aromatic heterocycles. The van der Waals surface area contributed by atoms with E-state index < -0.39 is 17.3 Å². The summed E-state index contributed by atoms with van der Waals surface area (Å²) in [5, 5.41) is 12.5. The predicted octanol–water partition coefficient (Wildman–Crippen LogP) is 4.96. The average molecular weight is 523 g/mol. The Labute approximate surface area is 214 Å². The molecule has 0 unspecified atom stereocenters. The first-order chi connectivity index (χ1) is 17.8. The van der Waals surface area contributed by atoms with Crippen molar-refractivity contribution in [3.05, 3.63) is 98.0 Å². The minimum Gasteiger partial charge on any atom is -0.366 e. The van der Waals surface area contributed by atoms with Crippen LogP contribution in [-0.2, 0) is 12.7 Å². The number of nitrogens with zero attached hydrogens (tertiary/aromatic N) is 4. The number of benzene rings is 2. The fourth-order valence-corrected chi connectivity index (χ4v) is 5.34. The summed E-state index contributed by atoms with van der Waals surface area (Å²) in [6, 6.07) is 17.5. The number of anilines is 1. The molecule has 0 N–H and O–H groups in total. The van der Waals surface area contributed by atoms with E-state index in [1.165, 1.54) is 28.0 Å². The number of hydrogen-bond acceptors (Lipinski definition) is 5. The van der Waals surface area contributed by atoms with Crippen LogP contribution in [0.3, 0.4) is 0 Å². The molecule has 5 rings (SSSR count). The van der Waals surface area contributed by atoms with Crippen molar-refractivity contribution in [3.63, 3.8) is 0 Å². The van der Waals surface area contributed by atoms with Gasteiger partial charge in [-0.15, -0.1) is 11.3 Å². The van der Waals surface area contributed by atoms with E-state index >= 15 is 0 Å². The summed E-state index contributed by atoms with van der Waals surface area (Å²) in [5.74, 6) is -0.0352. The highest BCUT2D eigenvalue weighted by Crippen LogP contribution is 2.31. The van der Waals surface area contributed by atoms with Crippen LogP contribution in [0.5, 0.6) is 0 Å². The Morgan fingerprint density at radius 2 is 1.68 bits per heavy atom. The number of rotatable bonds is 4. The van der Waals surface area contributed by atoms with Crippen molar-refractivity contribution in [2.45, 2.75) is 12.7 Å². The SMILES string of the molecule is N#Cc1c(N2CCN(C(=O)c3cccs3)CC2)c2ccccc2n(Cc2ccc(C(F)(F)F)cc2)c1=O. The van der Waals surface area contributed by atoms with Gasteiger partial charge in [0.15, 0.2) is 0 Å². The van der Waals surface area contributed by atoms with Crippen LogP contribution in [-0.4, -0.2) is 41.6 Å². The summed E-state index contributed by atoms with van der Waals surface area (Å²) in [6.07, 6.45) is -4.45. The van der Waals surface area contributed by atoms with Gasteiger partial charge in [-0.1, -0.05) is 36.4 Å². The monoisotopic (exact) mass is 522 g/mol. The highest BCUT2D eigenvalue weighted by Gasteiger charge is 2.30. The number of piperazine rings is 1. The van der Waals surface area contributed by atoms with Gasteiger partial charge in [0.05, 0.1) is 28.2 Å². The van der Waals surface area contributed by atoms with Gasteiger partial charge in [0.25, 0.3) is 11.5 Å². The highest BCUT2D eigenvalue weighted by molar-refractivity contribution is 7.12. The number of fused-ring (bicyclic) bond motifs is 1. The molecule has 0 aliphatic carbocycles. The third-order valence-electron chi connectivity index (χ3n) is 6.49. The number of hydrogen-bond donors (Lipinski definition) is 0. The average Bonchev–Trinajstić information content (AvgIpc) is 3.44. The van der Waals surface area contributed by atoms with Crippen LogP contribution in [0.2, 0.25) is 0 Å². The van der Waals surface area contributed by atoms with E-state index in [-0.39, 0.29) is 18.0 Å². The smallest absolute Gasteiger partial charge is 0.366 e. The van der Waals surface area contributed by atoms with Crippen molar-refractivity contribution in [2.75, 3.05) is 31.1 Å². The molecule has 2 aromatic carbocycles. The van der Waals surface area contributed by atoms with Gasteiger partial charge >= 0.3 is 6.18 Å². The number of carbonyl (C=O) groups is 1. The van der Waals surface area contributed by atoms with Gasteiger partial charge in [-0.05, 0) is 35.2 Å². The third kappa shape index (κ3) is 4.70. The Balaban J connectivity index is 1.49. The molecule has 1 fully saturated rings. The van der Waals surface area contributed by atoms with Crippen LogP contribution in [0.15, 0.2) is 70.8 Å². The quantitative estimate of drug-likeness (QED) is 0.380. The molecule has 4 aromatic rings. The molecule has 1 saturated heterocycles. The molecule has 37 heavy (non-hydrogen) atoms. The number of para-hydroxylation sites is 1. The second-order valence-corrected chi connectivity index (χ2v) is 9.64. The molecule has 6 nitrogen and oxygen atoms in total. The minimum absolute atomic E-state index is 0.0234. The van der Waals surface area contributed by atoms with Crippen molar-refractivity contribution in [2.24, 2.45) is 0 Å². The Kier molecular flexibility index (Phi) is 6.48. The topological polar surface area (TPSA) is 69.3 Å². The van der Waals surface area contributed by atoms with Crippen molar-refractivity contribution in [3.8, 4) is 6.07 Å². The van der Waals surface area contributed by atoms with E-state index in [2.05, 4.69) is 6.07 Å². The van der Waals surface area contributed by atoms with Gasteiger partial charge in [-0.25, -0.2) is 0 Å². The fourth-order valence-electron chi connectivity index (χ4n) is 4.65. The van der Waals surface area contributed by atoms with Crippen molar-refractivity contribution >= 4 is 33.8 Å². The lowest BCUT2D eigenvalue weighted by Gasteiger charge is -2.37. The summed E-state index contributed by atoms with van der Waals surface area (Å²) in [6.45, 7) is 1.83. The number of aromatic nitrogens is 1. The molecule has 1 amide bonds. The van der Waals surface area contributed by atoms with E-state index in [4.69, 9.17) is 0 Å². The molecule has 3 heterocycles. The summed E-state index contributed by atoms with van der Waals surface area (Å²) in [7, 11) is 0. The third-order valence-corrected chi connectivity index (χ3v) is 7.35. The molecule has 0 radical (unpaired) electrons. The van der Waals surface area contributed by atoms with E-state index in [0.29, 0.717) is 53.2 Å². The summed E-state index contributed by atoms with van der Waals surface area (Å²) >= 11 is 1.39. The second kappa shape index (κ2) is 9.75. The van der Waals surface area contributed by atoms with Gasteiger partial charge < -0.3 is 14.4 Å². The summed E-state index contributed by atoms with van der Waals surface area (Å²) in [4.78, 5) is 30.6. The second-order valence-electron chi connectivity index (χ2n) is 8.70. The number of amides is 1. The van der Waals surface area contributed by atoms with Crippen LogP contribution in [0.1, 0.15) is 26.4 Å². The molecule has 188 valence electrons. The van der Waals surface area contributed by atoms with Crippen LogP contribution in [0.25, 0.3) is 10.9 Å². The molecule has 1 aliphatic rings. The lowest BCUT2D eigenvalue weighted by Crippen LogP contribution is -2.49. The van der Waals surface area contributed by atoms with Gasteiger partial charge in [0.2, 0.25) is 0 Å². The molecule has 0 saturated carbocycles. The van der Waals surface area contributed by atoms with E-state index in [0.717, 1.165) is 12.1 Å². The Morgan fingerprint density at radius 3 is 2.30 bits per heavy atom. The maximum Gasteiger partial charge on any atom is 0.416 e. The van der Waals surface area contributed by atoms with Crippen molar-refractivity contribution < 1.29 is 18.0 Å². The van der Waals surface area contributed by atoms with Gasteiger partial charge in [0.1, 0.15) is 11.6 Å². The zero-order valence-corrected chi connectivity index (χ0v) is 20.4. The molecular formula is C27H21F3N4O2S. The van der Waals surface area contributed by atoms with Crippen LogP contribution < -0.4 is 10.5 Å². The molecule has 0 bridgehead atoms. The lowest BCUT2D eigenvalue weighted by molar-refractivity contribution is -0.137. The van der Waals surface area contributed by atoms with Gasteiger partial charge in [-0.3, -0.25) is 9.59 Å². The zero-order chi connectivity index (χ0) is 26.2. The van der Waals surface area contributed by atoms with Crippen LogP contribution in [0, 0.1) is 11.3 Å². The minimum atomic E-state index is -4.45. The molecule has 0 atom stereocenters. The number of pyridine rings is 1. The first kappa shape index (κ1) is 24.6. The first-order valence-corrected chi connectivity index (χ1v) is 12.5. The fraction of sp³-hybridized carbons (Fsp3) is 0.222. The number of thiophene rings is 1. The normalized spacial score (nSPS) is 14.1. The lowest BCUT2D eigenvalue weighted by atomic mass is 10.1. The number of alkyl halides is 3. The summed E-state index contributed by atoms with van der Waals surface area (Å²) in [5.41, 5.74) is 0.320. The molecule has 10 heteroatoms. The Hall–Kier alpha value is -4.10. The maximum absolute atomic E-state index is 13.5. The van der Waals surface area contributed by atoms with Crippen molar-refractivity contribution in [1.29, 1.82) is 5.26 Å². The van der Waals surface area contributed by atoms with E-state index in [1.54, 1.807) is 23.1 Å². The number of carbonyl (C=O) groups excluding carboxylic acids is 1. The van der Waals surface area contributed by atoms with Crippen LogP contribution >= 0.6 is 11.3 Å². The molecular weight excluding hydrogens is 501 g/mol. The van der Waals surface area contributed by atoms with E-state index in [1.807, 2.05) is 28.5 Å². The largest absolute Gasteiger partial charge is 0.416 e. The predicted molar refractivity (Wildman–Crippen MR) is 136 cm³/mol. The molecule has 1 aliphatic heterocycles. The standard InChI is InChI=1S/C27H21F3N4O2S/c28-27(29,30)19-9-7-18(8-10-19)17-34-22-5-2-1-4-20(22)24(21(16-31)25(34)35)32-11-13-33(14-12-32)26(36)23-6-3-15-37-23/h1-10,15H,11-14,17H2. The molecule has 0 spiro atoms. The maximum atomic E-state index is 13.5. The van der Waals surface area contributed by atoms with Crippen LogP contribution in [0.4, 0.5) is 18.9 Å². The Morgan fingerprint density at radius 1 is 0.973 bits per heavy atom. The Bertz CT molecular complexity index is 1550. The highest BCUT2D eigenvalue weighted by atomic mass is 32.1. The first-order valence-electron chi connectivity index (χ1n) is 11.6. The van der Waals surface area contributed by atoms with E-state index in [9.17, 15) is 28.0 Å².